The number of hydrogen-bond donors (Lipinski definition) is 4. The third-order valence-electron chi connectivity index (χ3n) is 2.85. The summed E-state index contributed by atoms with van der Waals surface area (Å²) in [6.45, 7) is 7.82. The molecule has 1 atom stereocenters. The molecule has 0 amide bonds. The first-order valence-electron chi connectivity index (χ1n) is 6.82. The molecule has 0 aliphatic rings. The minimum absolute atomic E-state index is 0.0457. The molecule has 0 fully saturated rings. The van der Waals surface area contributed by atoms with Gasteiger partial charge in [0.2, 0.25) is 0 Å². The molecular weight excluding hydrogens is 252 g/mol. The first kappa shape index (κ1) is 16.2. The summed E-state index contributed by atoms with van der Waals surface area (Å²) in [6.07, 6.45) is 0. The minimum atomic E-state index is -0.344. The third-order valence-corrected chi connectivity index (χ3v) is 2.85. The van der Waals surface area contributed by atoms with Gasteiger partial charge >= 0.3 is 0 Å². The van der Waals surface area contributed by atoms with Crippen LogP contribution in [0.1, 0.15) is 39.3 Å². The quantitative estimate of drug-likeness (QED) is 0.474. The summed E-state index contributed by atoms with van der Waals surface area (Å²) in [7, 11) is 0. The summed E-state index contributed by atoms with van der Waals surface area (Å²) in [6, 6.07) is 7.28. The Balaban J connectivity index is 3.06. The van der Waals surface area contributed by atoms with Crippen LogP contribution in [0.5, 0.6) is 0 Å². The fourth-order valence-corrected chi connectivity index (χ4v) is 1.96. The van der Waals surface area contributed by atoms with E-state index in [0.717, 1.165) is 5.56 Å². The van der Waals surface area contributed by atoms with Crippen molar-refractivity contribution >= 4 is 17.4 Å². The molecule has 0 spiro atoms. The average molecular weight is 276 g/mol. The number of guanidine groups is 1. The summed E-state index contributed by atoms with van der Waals surface area (Å²) in [4.78, 5) is 12.4. The summed E-state index contributed by atoms with van der Waals surface area (Å²) in [5.41, 5.74) is 6.92. The second-order valence-corrected chi connectivity index (χ2v) is 5.48. The van der Waals surface area contributed by atoms with Gasteiger partial charge in [-0.05, 0) is 31.5 Å². The molecule has 5 heteroatoms. The molecule has 0 radical (unpaired) electrons. The molecular formula is C15H24N4O. The predicted molar refractivity (Wildman–Crippen MR) is 82.8 cm³/mol. The molecule has 0 aliphatic heterocycles. The molecule has 0 aromatic heterocycles. The van der Waals surface area contributed by atoms with Gasteiger partial charge in [-0.15, -0.1) is 0 Å². The van der Waals surface area contributed by atoms with Crippen molar-refractivity contribution in [3.63, 3.8) is 0 Å². The number of benzene rings is 1. The van der Waals surface area contributed by atoms with Gasteiger partial charge in [-0.25, -0.2) is 0 Å². The lowest BCUT2D eigenvalue weighted by atomic mass is 9.94. The highest BCUT2D eigenvalue weighted by molar-refractivity contribution is 5.90. The maximum atomic E-state index is 12.4. The number of carbonyl (C=O) groups is 1. The van der Waals surface area contributed by atoms with E-state index in [2.05, 4.69) is 10.6 Å². The van der Waals surface area contributed by atoms with E-state index in [1.54, 1.807) is 0 Å². The topological polar surface area (TPSA) is 91.0 Å². The first-order valence-corrected chi connectivity index (χ1v) is 6.82. The highest BCUT2D eigenvalue weighted by Gasteiger charge is 2.23. The second kappa shape index (κ2) is 7.05. The number of ketones is 1. The number of nitrogens with two attached hydrogens (primary N) is 1. The van der Waals surface area contributed by atoms with Crippen LogP contribution in [0.2, 0.25) is 0 Å². The zero-order valence-electron chi connectivity index (χ0n) is 12.5. The molecule has 1 rings (SSSR count). The van der Waals surface area contributed by atoms with Gasteiger partial charge in [-0.3, -0.25) is 10.2 Å². The van der Waals surface area contributed by atoms with Crippen LogP contribution < -0.4 is 16.4 Å². The lowest BCUT2D eigenvalue weighted by Gasteiger charge is -2.23. The van der Waals surface area contributed by atoms with Crippen molar-refractivity contribution in [2.24, 2.45) is 11.7 Å². The van der Waals surface area contributed by atoms with E-state index in [0.29, 0.717) is 5.69 Å². The molecule has 0 saturated carbocycles. The van der Waals surface area contributed by atoms with Crippen molar-refractivity contribution in [2.75, 3.05) is 5.32 Å². The molecule has 20 heavy (non-hydrogen) atoms. The SMILES string of the molecule is CC(C)N[C@H](C(=O)C(C)C)c1cccc(NC(=N)N)c1. The smallest absolute Gasteiger partial charge is 0.190 e. The van der Waals surface area contributed by atoms with Crippen LogP contribution in [0.25, 0.3) is 0 Å². The van der Waals surface area contributed by atoms with Crippen LogP contribution >= 0.6 is 0 Å². The van der Waals surface area contributed by atoms with E-state index in [1.807, 2.05) is 52.0 Å². The molecule has 0 heterocycles. The number of carbonyl (C=O) groups excluding carboxylic acids is 1. The molecule has 0 saturated heterocycles. The lowest BCUT2D eigenvalue weighted by molar-refractivity contribution is -0.124. The van der Waals surface area contributed by atoms with Crippen molar-refractivity contribution in [3.05, 3.63) is 29.8 Å². The van der Waals surface area contributed by atoms with Gasteiger partial charge in [0.15, 0.2) is 11.7 Å². The van der Waals surface area contributed by atoms with Gasteiger partial charge in [0.05, 0.1) is 6.04 Å². The molecule has 5 nitrogen and oxygen atoms in total. The van der Waals surface area contributed by atoms with E-state index in [1.165, 1.54) is 0 Å². The Morgan fingerprint density at radius 3 is 2.40 bits per heavy atom. The summed E-state index contributed by atoms with van der Waals surface area (Å²) < 4.78 is 0. The van der Waals surface area contributed by atoms with Crippen LogP contribution in [0.4, 0.5) is 5.69 Å². The monoisotopic (exact) mass is 276 g/mol. The van der Waals surface area contributed by atoms with E-state index in [9.17, 15) is 4.79 Å². The largest absolute Gasteiger partial charge is 0.370 e. The van der Waals surface area contributed by atoms with Crippen molar-refractivity contribution in [1.29, 1.82) is 5.41 Å². The fourth-order valence-electron chi connectivity index (χ4n) is 1.96. The highest BCUT2D eigenvalue weighted by Crippen LogP contribution is 2.22. The Morgan fingerprint density at radius 1 is 1.25 bits per heavy atom. The zero-order valence-corrected chi connectivity index (χ0v) is 12.5. The Bertz CT molecular complexity index is 483. The highest BCUT2D eigenvalue weighted by atomic mass is 16.1. The standard InChI is InChI=1S/C15H24N4O/c1-9(2)14(20)13(18-10(3)4)11-6-5-7-12(8-11)19-15(16)17/h5-10,13,18H,1-4H3,(H4,16,17,19)/t13-/m0/s1. The van der Waals surface area contributed by atoms with E-state index >= 15 is 0 Å². The molecule has 1 aromatic carbocycles. The van der Waals surface area contributed by atoms with Crippen LogP contribution in [-0.4, -0.2) is 17.8 Å². The number of Topliss-reactive ketones (excluding diaryl/α,β-unsaturated/α-hetero) is 1. The van der Waals surface area contributed by atoms with Gasteiger partial charge < -0.3 is 16.4 Å². The van der Waals surface area contributed by atoms with E-state index in [-0.39, 0.29) is 29.7 Å². The van der Waals surface area contributed by atoms with Crippen molar-refractivity contribution in [3.8, 4) is 0 Å². The van der Waals surface area contributed by atoms with Gasteiger partial charge in [0, 0.05) is 17.6 Å². The summed E-state index contributed by atoms with van der Waals surface area (Å²) in [5.74, 6) is -0.0138. The average Bonchev–Trinajstić information content (AvgIpc) is 2.34. The molecule has 0 unspecified atom stereocenters. The van der Waals surface area contributed by atoms with E-state index in [4.69, 9.17) is 11.1 Å². The van der Waals surface area contributed by atoms with Gasteiger partial charge in [-0.2, -0.15) is 0 Å². The maximum absolute atomic E-state index is 12.4. The number of rotatable bonds is 6. The predicted octanol–water partition coefficient (Wildman–Crippen LogP) is 2.26. The fraction of sp³-hybridized carbons (Fsp3) is 0.467. The Hall–Kier alpha value is -1.88. The lowest BCUT2D eigenvalue weighted by Crippen LogP contribution is -2.35. The number of anilines is 1. The Morgan fingerprint density at radius 2 is 1.90 bits per heavy atom. The number of nitrogens with one attached hydrogen (secondary N) is 3. The van der Waals surface area contributed by atoms with Gasteiger partial charge in [0.1, 0.15) is 0 Å². The molecule has 1 aromatic rings. The summed E-state index contributed by atoms with van der Waals surface area (Å²) >= 11 is 0. The van der Waals surface area contributed by atoms with Crippen molar-refractivity contribution in [1.82, 2.24) is 5.32 Å². The van der Waals surface area contributed by atoms with Gasteiger partial charge in [0.25, 0.3) is 0 Å². The molecule has 0 aliphatic carbocycles. The third kappa shape index (κ3) is 4.66. The van der Waals surface area contributed by atoms with Crippen molar-refractivity contribution in [2.45, 2.75) is 39.8 Å². The van der Waals surface area contributed by atoms with Crippen LogP contribution in [0.3, 0.4) is 0 Å². The Labute approximate surface area is 120 Å². The molecule has 5 N–H and O–H groups in total. The van der Waals surface area contributed by atoms with Crippen LogP contribution in [0, 0.1) is 11.3 Å². The number of hydrogen-bond acceptors (Lipinski definition) is 3. The normalized spacial score (nSPS) is 12.5. The Kier molecular flexibility index (Phi) is 5.70. The maximum Gasteiger partial charge on any atom is 0.190 e. The van der Waals surface area contributed by atoms with Gasteiger partial charge in [-0.1, -0.05) is 26.0 Å². The van der Waals surface area contributed by atoms with Crippen molar-refractivity contribution < 1.29 is 4.79 Å². The van der Waals surface area contributed by atoms with E-state index < -0.39 is 0 Å². The molecule has 110 valence electrons. The molecule has 0 bridgehead atoms. The minimum Gasteiger partial charge on any atom is -0.370 e. The second-order valence-electron chi connectivity index (χ2n) is 5.48. The summed E-state index contributed by atoms with van der Waals surface area (Å²) in [5, 5.41) is 13.3. The first-order chi connectivity index (χ1) is 9.31. The van der Waals surface area contributed by atoms with Crippen LogP contribution in [0.15, 0.2) is 24.3 Å². The zero-order chi connectivity index (χ0) is 15.3. The van der Waals surface area contributed by atoms with Crippen LogP contribution in [-0.2, 0) is 4.79 Å².